The normalized spacial score (nSPS) is 17.7. The number of allylic oxidation sites excluding steroid dienone is 2. The lowest BCUT2D eigenvalue weighted by atomic mass is 9.99. The van der Waals surface area contributed by atoms with Crippen LogP contribution >= 0.6 is 0 Å². The van der Waals surface area contributed by atoms with E-state index in [9.17, 15) is 9.59 Å². The molecule has 6 heteroatoms. The highest BCUT2D eigenvalue weighted by Gasteiger charge is 2.26. The van der Waals surface area contributed by atoms with Crippen molar-refractivity contribution in [3.63, 3.8) is 0 Å². The summed E-state index contributed by atoms with van der Waals surface area (Å²) in [5, 5.41) is 5.19. The molecule has 0 saturated heterocycles. The number of H-pyrrole nitrogens is 2. The summed E-state index contributed by atoms with van der Waals surface area (Å²) in [5.41, 5.74) is 12.7. The number of hydrogen-bond acceptors (Lipinski definition) is 2. The summed E-state index contributed by atoms with van der Waals surface area (Å²) >= 11 is 0. The van der Waals surface area contributed by atoms with Gasteiger partial charge in [0.2, 0.25) is 0 Å². The van der Waals surface area contributed by atoms with Crippen molar-refractivity contribution < 1.29 is 9.59 Å². The second-order valence-electron chi connectivity index (χ2n) is 11.0. The minimum Gasteiger partial charge on any atom is -0.355 e. The van der Waals surface area contributed by atoms with E-state index in [1.165, 1.54) is 22.3 Å². The molecule has 6 nitrogen and oxygen atoms in total. The summed E-state index contributed by atoms with van der Waals surface area (Å²) in [4.78, 5) is 37.0. The zero-order valence-electron chi connectivity index (χ0n) is 26.2. The Morgan fingerprint density at radius 1 is 0.634 bits per heavy atom. The molecule has 0 unspecified atom stereocenters. The Kier molecular flexibility index (Phi) is 9.52. The van der Waals surface area contributed by atoms with Crippen molar-refractivity contribution in [3.8, 4) is 0 Å². The number of amides is 2. The van der Waals surface area contributed by atoms with E-state index in [4.69, 9.17) is 0 Å². The molecular formula is C35H46N4O2. The Labute approximate surface area is 244 Å². The average molecular weight is 555 g/mol. The van der Waals surface area contributed by atoms with Gasteiger partial charge in [0.15, 0.2) is 0 Å². The maximum absolute atomic E-state index is 12.7. The molecule has 0 radical (unpaired) electrons. The standard InChI is InChI=1S/C35H46N4O2/c1-9-15-26-24(13-5)32(38-34(26)40)17-28-20(7)22(11-3)30(36-28)19-31-23(12-4)21(8)29(37-31)18-33-25(14-6)27(16-10-2)35(41)39-33/h17-19,36-37H,9-16H2,1-8H3,(H,38,40)/b29-18+,31-19-,32-17-. The molecule has 0 spiro atoms. The molecule has 2 aromatic rings. The van der Waals surface area contributed by atoms with E-state index >= 15 is 0 Å². The van der Waals surface area contributed by atoms with Crippen LogP contribution in [0.4, 0.5) is 0 Å². The summed E-state index contributed by atoms with van der Waals surface area (Å²) in [5.74, 6) is -0.0459. The zero-order chi connectivity index (χ0) is 29.8. The van der Waals surface area contributed by atoms with Crippen LogP contribution in [-0.4, -0.2) is 27.5 Å². The third-order valence-corrected chi connectivity index (χ3v) is 8.54. The zero-order valence-corrected chi connectivity index (χ0v) is 26.2. The summed E-state index contributed by atoms with van der Waals surface area (Å²) in [6.07, 6.45) is 13.2. The number of carbonyl (C=O) groups excluding carboxylic acids is 2. The fourth-order valence-corrected chi connectivity index (χ4v) is 6.39. The van der Waals surface area contributed by atoms with E-state index in [2.05, 4.69) is 93.9 Å². The maximum atomic E-state index is 12.7. The highest BCUT2D eigenvalue weighted by atomic mass is 16.2. The number of hydrogen-bond donors (Lipinski definition) is 3. The van der Waals surface area contributed by atoms with Gasteiger partial charge in [-0.3, -0.25) is 9.59 Å². The number of nitrogens with zero attached hydrogens (tertiary/aromatic N) is 1. The van der Waals surface area contributed by atoms with Gasteiger partial charge < -0.3 is 15.3 Å². The molecule has 4 rings (SSSR count). The number of aliphatic imine (C=N–C) groups is 1. The molecule has 2 aliphatic heterocycles. The van der Waals surface area contributed by atoms with Gasteiger partial charge in [-0.25, -0.2) is 4.99 Å². The Hall–Kier alpha value is -3.67. The van der Waals surface area contributed by atoms with Gasteiger partial charge in [0.05, 0.1) is 5.71 Å². The first-order valence-corrected chi connectivity index (χ1v) is 15.5. The van der Waals surface area contributed by atoms with Gasteiger partial charge in [0.25, 0.3) is 11.8 Å². The van der Waals surface area contributed by atoms with Crippen molar-refractivity contribution >= 4 is 35.8 Å². The molecule has 0 aliphatic carbocycles. The monoisotopic (exact) mass is 554 g/mol. The quantitative estimate of drug-likeness (QED) is 0.311. The topological polar surface area (TPSA) is 90.1 Å². The lowest BCUT2D eigenvalue weighted by Crippen LogP contribution is -2.16. The summed E-state index contributed by atoms with van der Waals surface area (Å²) < 4.78 is 0. The molecule has 4 heterocycles. The van der Waals surface area contributed by atoms with Crippen LogP contribution < -0.4 is 16.0 Å². The Morgan fingerprint density at radius 2 is 1.29 bits per heavy atom. The first kappa shape index (κ1) is 30.3. The van der Waals surface area contributed by atoms with Crippen molar-refractivity contribution in [3.05, 3.63) is 72.3 Å². The third-order valence-electron chi connectivity index (χ3n) is 8.54. The summed E-state index contributed by atoms with van der Waals surface area (Å²) in [7, 11) is 0. The Morgan fingerprint density at radius 3 is 1.90 bits per heavy atom. The molecule has 0 atom stereocenters. The van der Waals surface area contributed by atoms with Crippen LogP contribution in [0.1, 0.15) is 114 Å². The van der Waals surface area contributed by atoms with Gasteiger partial charge in [0, 0.05) is 38.9 Å². The molecule has 3 N–H and O–H groups in total. The van der Waals surface area contributed by atoms with Crippen LogP contribution in [-0.2, 0) is 22.4 Å². The number of aromatic nitrogens is 2. The third kappa shape index (κ3) is 5.74. The lowest BCUT2D eigenvalue weighted by Gasteiger charge is -2.04. The molecule has 0 bridgehead atoms. The largest absolute Gasteiger partial charge is 0.355 e. The van der Waals surface area contributed by atoms with E-state index in [1.807, 2.05) is 0 Å². The molecule has 2 amide bonds. The van der Waals surface area contributed by atoms with Crippen molar-refractivity contribution in [2.75, 3.05) is 0 Å². The Bertz CT molecular complexity index is 1620. The van der Waals surface area contributed by atoms with Crippen LogP contribution in [0.25, 0.3) is 18.2 Å². The molecule has 41 heavy (non-hydrogen) atoms. The van der Waals surface area contributed by atoms with Crippen LogP contribution in [0.3, 0.4) is 0 Å². The Balaban J connectivity index is 1.82. The van der Waals surface area contributed by atoms with Crippen LogP contribution in [0.2, 0.25) is 0 Å². The van der Waals surface area contributed by atoms with Gasteiger partial charge in [-0.05, 0) is 104 Å². The first-order chi connectivity index (χ1) is 19.7. The summed E-state index contributed by atoms with van der Waals surface area (Å²) in [6.45, 7) is 17.1. The van der Waals surface area contributed by atoms with E-state index in [0.29, 0.717) is 0 Å². The summed E-state index contributed by atoms with van der Waals surface area (Å²) in [6, 6.07) is 0. The molecule has 0 fully saturated rings. The second-order valence-corrected chi connectivity index (χ2v) is 11.0. The number of nitrogens with one attached hydrogen (secondary N) is 3. The fourth-order valence-electron chi connectivity index (χ4n) is 6.39. The highest BCUT2D eigenvalue weighted by molar-refractivity contribution is 6.31. The van der Waals surface area contributed by atoms with Crippen molar-refractivity contribution in [1.29, 1.82) is 0 Å². The predicted molar refractivity (Wildman–Crippen MR) is 170 cm³/mol. The first-order valence-electron chi connectivity index (χ1n) is 15.5. The van der Waals surface area contributed by atoms with Crippen molar-refractivity contribution in [2.24, 2.45) is 4.99 Å². The smallest absolute Gasteiger partial charge is 0.273 e. The van der Waals surface area contributed by atoms with Crippen LogP contribution in [0.15, 0.2) is 33.0 Å². The fraction of sp³-hybridized carbons (Fsp3) is 0.457. The molecule has 2 aromatic heterocycles. The van der Waals surface area contributed by atoms with Gasteiger partial charge in [0.1, 0.15) is 0 Å². The second kappa shape index (κ2) is 12.9. The van der Waals surface area contributed by atoms with E-state index < -0.39 is 0 Å². The molecule has 0 aromatic carbocycles. The average Bonchev–Trinajstić information content (AvgIpc) is 3.61. The SMILES string of the molecule is CCCC1=C(CC)C(/C=c2/[nH]/c(=C\c3[nH]c(/C=C4\NC(=O)C(CCC)=C4CC)c(C)c3CC)c(CC)c2C)=NC1=O. The minimum atomic E-state index is -0.0842. The van der Waals surface area contributed by atoms with Gasteiger partial charge in [-0.1, -0.05) is 54.4 Å². The van der Waals surface area contributed by atoms with Crippen LogP contribution in [0.5, 0.6) is 0 Å². The van der Waals surface area contributed by atoms with Gasteiger partial charge in [-0.2, -0.15) is 0 Å². The number of carbonyl (C=O) groups is 2. The van der Waals surface area contributed by atoms with E-state index in [-0.39, 0.29) is 11.8 Å². The number of rotatable bonds is 11. The van der Waals surface area contributed by atoms with E-state index in [1.54, 1.807) is 0 Å². The van der Waals surface area contributed by atoms with Crippen LogP contribution in [0, 0.1) is 13.8 Å². The highest BCUT2D eigenvalue weighted by Crippen LogP contribution is 2.30. The molecular weight excluding hydrogens is 508 g/mol. The lowest BCUT2D eigenvalue weighted by molar-refractivity contribution is -0.116. The number of aromatic amines is 2. The molecule has 0 saturated carbocycles. The molecule has 2 aliphatic rings. The predicted octanol–water partition coefficient (Wildman–Crippen LogP) is 6.16. The van der Waals surface area contributed by atoms with Crippen molar-refractivity contribution in [2.45, 2.75) is 107 Å². The van der Waals surface area contributed by atoms with Gasteiger partial charge >= 0.3 is 0 Å². The molecule has 218 valence electrons. The maximum Gasteiger partial charge on any atom is 0.273 e. The minimum absolute atomic E-state index is 0.0383. The van der Waals surface area contributed by atoms with E-state index in [0.717, 1.165) is 107 Å². The van der Waals surface area contributed by atoms with Crippen molar-refractivity contribution in [1.82, 2.24) is 15.3 Å². The van der Waals surface area contributed by atoms with Gasteiger partial charge in [-0.15, -0.1) is 0 Å².